The van der Waals surface area contributed by atoms with Gasteiger partial charge in [-0.05, 0) is 36.0 Å². The molecule has 0 spiro atoms. The van der Waals surface area contributed by atoms with Gasteiger partial charge in [-0.2, -0.15) is 0 Å². The molecule has 3 N–H and O–H groups in total. The summed E-state index contributed by atoms with van der Waals surface area (Å²) in [4.78, 5) is 22.4. The Balaban J connectivity index is 2.30. The Labute approximate surface area is 125 Å². The Hall–Kier alpha value is -2.04. The Kier molecular flexibility index (Phi) is 6.21. The standard InChI is InChI=1S/C16H24N2O3/c1-4-16(2,3)11-18-15(21)17-10-9-12-5-7-13(8-6-12)14(19)20/h5-8H,4,9-11H2,1-3H3,(H,19,20)(H2,17,18,21). The summed E-state index contributed by atoms with van der Waals surface area (Å²) >= 11 is 0. The predicted molar refractivity (Wildman–Crippen MR) is 82.6 cm³/mol. The van der Waals surface area contributed by atoms with Crippen LogP contribution < -0.4 is 10.6 Å². The molecule has 1 rings (SSSR count). The molecule has 1 aromatic rings. The number of hydrogen-bond donors (Lipinski definition) is 3. The zero-order chi connectivity index (χ0) is 15.9. The number of carbonyl (C=O) groups excluding carboxylic acids is 1. The lowest BCUT2D eigenvalue weighted by molar-refractivity contribution is 0.0697. The minimum atomic E-state index is -0.933. The maximum Gasteiger partial charge on any atom is 0.335 e. The maximum absolute atomic E-state index is 11.6. The molecule has 0 bridgehead atoms. The van der Waals surface area contributed by atoms with E-state index in [4.69, 9.17) is 5.11 Å². The number of urea groups is 1. The van der Waals surface area contributed by atoms with Crippen LogP contribution in [0.2, 0.25) is 0 Å². The fourth-order valence-electron chi connectivity index (χ4n) is 1.64. The largest absolute Gasteiger partial charge is 0.478 e. The van der Waals surface area contributed by atoms with E-state index in [1.165, 1.54) is 0 Å². The van der Waals surface area contributed by atoms with Crippen LogP contribution >= 0.6 is 0 Å². The molecule has 0 aromatic heterocycles. The fraction of sp³-hybridized carbons (Fsp3) is 0.500. The van der Waals surface area contributed by atoms with E-state index in [-0.39, 0.29) is 17.0 Å². The molecule has 1 aromatic carbocycles. The summed E-state index contributed by atoms with van der Waals surface area (Å²) in [6.07, 6.45) is 1.67. The highest BCUT2D eigenvalue weighted by molar-refractivity contribution is 5.87. The van der Waals surface area contributed by atoms with Crippen molar-refractivity contribution >= 4 is 12.0 Å². The molecule has 5 nitrogen and oxygen atoms in total. The highest BCUT2D eigenvalue weighted by Gasteiger charge is 2.15. The molecule has 116 valence electrons. The van der Waals surface area contributed by atoms with E-state index in [0.717, 1.165) is 12.0 Å². The van der Waals surface area contributed by atoms with Gasteiger partial charge in [0.2, 0.25) is 0 Å². The van der Waals surface area contributed by atoms with Gasteiger partial charge in [0.15, 0.2) is 0 Å². The minimum absolute atomic E-state index is 0.101. The first-order chi connectivity index (χ1) is 9.84. The van der Waals surface area contributed by atoms with Crippen LogP contribution in [0.15, 0.2) is 24.3 Å². The molecular weight excluding hydrogens is 268 g/mol. The molecule has 0 unspecified atom stereocenters. The molecule has 0 radical (unpaired) electrons. The number of carboxylic acid groups (broad SMARTS) is 1. The third-order valence-corrected chi connectivity index (χ3v) is 3.58. The number of nitrogens with one attached hydrogen (secondary N) is 2. The maximum atomic E-state index is 11.6. The van der Waals surface area contributed by atoms with Crippen LogP contribution in [0.1, 0.15) is 43.1 Å². The van der Waals surface area contributed by atoms with Crippen molar-refractivity contribution in [3.8, 4) is 0 Å². The van der Waals surface area contributed by atoms with Crippen LogP contribution in [0.3, 0.4) is 0 Å². The zero-order valence-corrected chi connectivity index (χ0v) is 12.9. The van der Waals surface area contributed by atoms with Crippen LogP contribution in [0, 0.1) is 5.41 Å². The van der Waals surface area contributed by atoms with Gasteiger partial charge in [0.25, 0.3) is 0 Å². The lowest BCUT2D eigenvalue weighted by Crippen LogP contribution is -2.41. The van der Waals surface area contributed by atoms with Crippen LogP contribution in [-0.4, -0.2) is 30.2 Å². The molecule has 5 heteroatoms. The van der Waals surface area contributed by atoms with Crippen molar-refractivity contribution in [2.75, 3.05) is 13.1 Å². The predicted octanol–water partition coefficient (Wildman–Crippen LogP) is 2.66. The first kappa shape index (κ1) is 17.0. The van der Waals surface area contributed by atoms with Crippen molar-refractivity contribution in [3.05, 3.63) is 35.4 Å². The summed E-state index contributed by atoms with van der Waals surface area (Å²) in [7, 11) is 0. The van der Waals surface area contributed by atoms with Gasteiger partial charge in [-0.3, -0.25) is 0 Å². The Morgan fingerprint density at radius 3 is 2.29 bits per heavy atom. The number of amides is 2. The summed E-state index contributed by atoms with van der Waals surface area (Å²) in [6, 6.07) is 6.51. The molecule has 0 saturated carbocycles. The summed E-state index contributed by atoms with van der Waals surface area (Å²) in [5, 5.41) is 14.5. The molecule has 0 aliphatic heterocycles. The Morgan fingerprint density at radius 2 is 1.76 bits per heavy atom. The Morgan fingerprint density at radius 1 is 1.14 bits per heavy atom. The van der Waals surface area contributed by atoms with E-state index >= 15 is 0 Å². The number of carbonyl (C=O) groups is 2. The van der Waals surface area contributed by atoms with Crippen molar-refractivity contribution in [3.63, 3.8) is 0 Å². The van der Waals surface area contributed by atoms with Gasteiger partial charge in [-0.15, -0.1) is 0 Å². The van der Waals surface area contributed by atoms with Crippen LogP contribution in [0.25, 0.3) is 0 Å². The molecule has 2 amide bonds. The number of hydrogen-bond acceptors (Lipinski definition) is 2. The third kappa shape index (κ3) is 6.29. The SMILES string of the molecule is CCC(C)(C)CNC(=O)NCCc1ccc(C(=O)O)cc1. The second-order valence-corrected chi connectivity index (χ2v) is 5.88. The molecule has 0 heterocycles. The van der Waals surface area contributed by atoms with Crippen molar-refractivity contribution in [2.24, 2.45) is 5.41 Å². The van der Waals surface area contributed by atoms with Gasteiger partial charge in [-0.1, -0.05) is 32.9 Å². The topological polar surface area (TPSA) is 78.4 Å². The minimum Gasteiger partial charge on any atom is -0.478 e. The van der Waals surface area contributed by atoms with Gasteiger partial charge in [-0.25, -0.2) is 9.59 Å². The lowest BCUT2D eigenvalue weighted by atomic mass is 9.90. The van der Waals surface area contributed by atoms with Crippen molar-refractivity contribution < 1.29 is 14.7 Å². The first-order valence-corrected chi connectivity index (χ1v) is 7.18. The average molecular weight is 292 g/mol. The van der Waals surface area contributed by atoms with Crippen LogP contribution in [0.5, 0.6) is 0 Å². The molecule has 0 atom stereocenters. The molecule has 0 fully saturated rings. The quantitative estimate of drug-likeness (QED) is 0.723. The third-order valence-electron chi connectivity index (χ3n) is 3.58. The molecular formula is C16H24N2O3. The molecule has 0 aliphatic rings. The zero-order valence-electron chi connectivity index (χ0n) is 12.9. The van der Waals surface area contributed by atoms with Crippen molar-refractivity contribution in [2.45, 2.75) is 33.6 Å². The van der Waals surface area contributed by atoms with E-state index in [0.29, 0.717) is 19.5 Å². The van der Waals surface area contributed by atoms with Gasteiger partial charge >= 0.3 is 12.0 Å². The number of carboxylic acids is 1. The summed E-state index contributed by atoms with van der Waals surface area (Å²) in [5.74, 6) is -0.933. The van der Waals surface area contributed by atoms with Gasteiger partial charge < -0.3 is 15.7 Å². The second kappa shape index (κ2) is 7.67. The first-order valence-electron chi connectivity index (χ1n) is 7.18. The van der Waals surface area contributed by atoms with E-state index in [1.54, 1.807) is 24.3 Å². The van der Waals surface area contributed by atoms with Gasteiger partial charge in [0.1, 0.15) is 0 Å². The van der Waals surface area contributed by atoms with Gasteiger partial charge in [0, 0.05) is 13.1 Å². The Bertz CT molecular complexity index is 481. The molecule has 0 aliphatic carbocycles. The normalized spacial score (nSPS) is 11.0. The average Bonchev–Trinajstić information content (AvgIpc) is 2.46. The van der Waals surface area contributed by atoms with E-state index in [1.807, 2.05) is 0 Å². The van der Waals surface area contributed by atoms with Crippen molar-refractivity contribution in [1.29, 1.82) is 0 Å². The number of benzene rings is 1. The summed E-state index contributed by atoms with van der Waals surface area (Å²) in [6.45, 7) is 7.47. The monoisotopic (exact) mass is 292 g/mol. The highest BCUT2D eigenvalue weighted by Crippen LogP contribution is 2.17. The van der Waals surface area contributed by atoms with E-state index < -0.39 is 5.97 Å². The van der Waals surface area contributed by atoms with Crippen LogP contribution in [0.4, 0.5) is 4.79 Å². The van der Waals surface area contributed by atoms with E-state index in [9.17, 15) is 9.59 Å². The molecule has 21 heavy (non-hydrogen) atoms. The van der Waals surface area contributed by atoms with Crippen molar-refractivity contribution in [1.82, 2.24) is 10.6 Å². The highest BCUT2D eigenvalue weighted by atomic mass is 16.4. The fourth-order valence-corrected chi connectivity index (χ4v) is 1.64. The summed E-state index contributed by atoms with van der Waals surface area (Å²) < 4.78 is 0. The lowest BCUT2D eigenvalue weighted by Gasteiger charge is -2.22. The number of aromatic carboxylic acids is 1. The van der Waals surface area contributed by atoms with Crippen LogP contribution in [-0.2, 0) is 6.42 Å². The smallest absolute Gasteiger partial charge is 0.335 e. The summed E-state index contributed by atoms with van der Waals surface area (Å²) in [5.41, 5.74) is 1.37. The second-order valence-electron chi connectivity index (χ2n) is 5.88. The molecule has 0 saturated heterocycles. The van der Waals surface area contributed by atoms with E-state index in [2.05, 4.69) is 31.4 Å². The van der Waals surface area contributed by atoms with Gasteiger partial charge in [0.05, 0.1) is 5.56 Å². The number of rotatable bonds is 7.